The maximum absolute atomic E-state index is 14.4. The van der Waals surface area contributed by atoms with E-state index in [9.17, 15) is 14.0 Å². The van der Waals surface area contributed by atoms with E-state index < -0.39 is 17.6 Å². The van der Waals surface area contributed by atoms with E-state index in [2.05, 4.69) is 10.1 Å². The van der Waals surface area contributed by atoms with Crippen LogP contribution in [0.15, 0.2) is 35.4 Å². The molecule has 0 spiro atoms. The Morgan fingerprint density at radius 2 is 2.07 bits per heavy atom. The molecule has 4 heterocycles. The molecule has 3 aromatic rings. The normalized spacial score (nSPS) is 18.9. The Hall–Kier alpha value is -3.43. The van der Waals surface area contributed by atoms with Crippen LogP contribution in [0.2, 0.25) is 0 Å². The summed E-state index contributed by atoms with van der Waals surface area (Å²) in [6, 6.07) is 4.63. The second-order valence-electron chi connectivity index (χ2n) is 7.62. The molecule has 1 saturated carbocycles. The number of hydrogen-bond donors (Lipinski definition) is 0. The van der Waals surface area contributed by atoms with Crippen LogP contribution in [0.5, 0.6) is 11.6 Å². The molecule has 30 heavy (non-hydrogen) atoms. The van der Waals surface area contributed by atoms with Crippen LogP contribution < -0.4 is 20.1 Å². The SMILES string of the molecule is Cn1nc2c(F)cc(N3CCC(Oc4ccc(OCC5CC5)nc4)C3=O)cn2c1=O. The monoisotopic (exact) mass is 413 g/mol. The number of carbonyl (C=O) groups is 1. The second kappa shape index (κ2) is 7.12. The molecule has 0 N–H and O–H groups in total. The van der Waals surface area contributed by atoms with Crippen LogP contribution in [0.4, 0.5) is 10.1 Å². The molecular formula is C20H20FN5O4. The fraction of sp³-hybridized carbons (Fsp3) is 0.400. The summed E-state index contributed by atoms with van der Waals surface area (Å²) in [6.07, 6.45) is 5.07. The van der Waals surface area contributed by atoms with Gasteiger partial charge in [0.05, 0.1) is 18.5 Å². The predicted molar refractivity (Wildman–Crippen MR) is 104 cm³/mol. The average Bonchev–Trinajstić information content (AvgIpc) is 3.44. The van der Waals surface area contributed by atoms with Crippen LogP contribution >= 0.6 is 0 Å². The number of ether oxygens (including phenoxy) is 2. The van der Waals surface area contributed by atoms with Crippen molar-refractivity contribution in [3.8, 4) is 11.6 Å². The summed E-state index contributed by atoms with van der Waals surface area (Å²) in [5, 5.41) is 3.85. The number of carbonyl (C=O) groups excluding carboxylic acids is 1. The first-order chi connectivity index (χ1) is 14.5. The molecule has 3 aromatic heterocycles. The molecule has 0 bridgehead atoms. The minimum atomic E-state index is -0.714. The van der Waals surface area contributed by atoms with Gasteiger partial charge in [-0.2, -0.15) is 0 Å². The van der Waals surface area contributed by atoms with Gasteiger partial charge in [-0.25, -0.2) is 23.3 Å². The van der Waals surface area contributed by atoms with E-state index in [-0.39, 0.29) is 17.2 Å². The highest BCUT2D eigenvalue weighted by atomic mass is 19.1. The standard InChI is InChI=1S/C20H20FN5O4/c1-24-20(28)26-10-13(8-15(21)18(26)23-24)25-7-6-16(19(25)27)30-14-4-5-17(22-9-14)29-11-12-2-3-12/h4-5,8-10,12,16H,2-3,6-7,11H2,1H3. The first-order valence-electron chi connectivity index (χ1n) is 9.81. The van der Waals surface area contributed by atoms with Crippen LogP contribution in [-0.2, 0) is 11.8 Å². The highest BCUT2D eigenvalue weighted by Gasteiger charge is 2.35. The highest BCUT2D eigenvalue weighted by Crippen LogP contribution is 2.30. The third-order valence-electron chi connectivity index (χ3n) is 5.32. The molecule has 1 aliphatic heterocycles. The first-order valence-corrected chi connectivity index (χ1v) is 9.81. The van der Waals surface area contributed by atoms with Crippen molar-refractivity contribution < 1.29 is 18.7 Å². The minimum absolute atomic E-state index is 0.0826. The van der Waals surface area contributed by atoms with Gasteiger partial charge in [-0.1, -0.05) is 0 Å². The van der Waals surface area contributed by atoms with E-state index in [0.717, 1.165) is 9.08 Å². The second-order valence-corrected chi connectivity index (χ2v) is 7.62. The van der Waals surface area contributed by atoms with Gasteiger partial charge in [-0.3, -0.25) is 4.79 Å². The van der Waals surface area contributed by atoms with E-state index in [4.69, 9.17) is 9.47 Å². The van der Waals surface area contributed by atoms with E-state index in [1.165, 1.54) is 43.2 Å². The zero-order valence-electron chi connectivity index (χ0n) is 16.3. The van der Waals surface area contributed by atoms with Gasteiger partial charge in [0.25, 0.3) is 5.91 Å². The molecule has 1 aliphatic carbocycles. The summed E-state index contributed by atoms with van der Waals surface area (Å²) in [6.45, 7) is 1.02. The fourth-order valence-corrected chi connectivity index (χ4v) is 3.46. The van der Waals surface area contributed by atoms with Crippen molar-refractivity contribution in [2.24, 2.45) is 13.0 Å². The number of hydrogen-bond acceptors (Lipinski definition) is 6. The lowest BCUT2D eigenvalue weighted by atomic mass is 10.3. The molecule has 2 fully saturated rings. The van der Waals surface area contributed by atoms with Gasteiger partial charge in [0, 0.05) is 38.3 Å². The van der Waals surface area contributed by atoms with Crippen molar-refractivity contribution in [3.05, 3.63) is 46.9 Å². The molecule has 2 aliphatic rings. The predicted octanol–water partition coefficient (Wildman–Crippen LogP) is 1.54. The van der Waals surface area contributed by atoms with E-state index in [1.54, 1.807) is 12.1 Å². The summed E-state index contributed by atoms with van der Waals surface area (Å²) in [4.78, 5) is 30.5. The van der Waals surface area contributed by atoms with Crippen molar-refractivity contribution in [1.82, 2.24) is 19.2 Å². The lowest BCUT2D eigenvalue weighted by Crippen LogP contribution is -2.32. The molecule has 1 atom stereocenters. The Labute approximate surface area is 170 Å². The third kappa shape index (κ3) is 3.38. The Balaban J connectivity index is 1.30. The van der Waals surface area contributed by atoms with Gasteiger partial charge >= 0.3 is 5.69 Å². The minimum Gasteiger partial charge on any atom is -0.479 e. The lowest BCUT2D eigenvalue weighted by Gasteiger charge is -2.17. The quantitative estimate of drug-likeness (QED) is 0.609. The number of anilines is 1. The van der Waals surface area contributed by atoms with E-state index in [0.29, 0.717) is 37.1 Å². The molecule has 5 rings (SSSR count). The largest absolute Gasteiger partial charge is 0.479 e. The fourth-order valence-electron chi connectivity index (χ4n) is 3.46. The van der Waals surface area contributed by atoms with Gasteiger partial charge in [-0.15, -0.1) is 5.10 Å². The molecular weight excluding hydrogens is 393 g/mol. The molecule has 0 aromatic carbocycles. The summed E-state index contributed by atoms with van der Waals surface area (Å²) in [5.41, 5.74) is -0.283. The maximum Gasteiger partial charge on any atom is 0.350 e. The topological polar surface area (TPSA) is 91.0 Å². The number of halogens is 1. The summed E-state index contributed by atoms with van der Waals surface area (Å²) < 4.78 is 27.9. The van der Waals surface area contributed by atoms with Gasteiger partial charge in [0.2, 0.25) is 5.88 Å². The Bertz CT molecular complexity index is 1170. The zero-order chi connectivity index (χ0) is 20.8. The molecule has 1 saturated heterocycles. The number of pyridine rings is 2. The van der Waals surface area contributed by atoms with Gasteiger partial charge in [0.15, 0.2) is 17.6 Å². The molecule has 10 heteroatoms. The third-order valence-corrected chi connectivity index (χ3v) is 5.32. The van der Waals surface area contributed by atoms with Crippen molar-refractivity contribution in [2.75, 3.05) is 18.1 Å². The Kier molecular flexibility index (Phi) is 4.41. The lowest BCUT2D eigenvalue weighted by molar-refractivity contribution is -0.122. The molecule has 156 valence electrons. The molecule has 1 unspecified atom stereocenters. The van der Waals surface area contributed by atoms with Crippen LogP contribution in [0.25, 0.3) is 5.65 Å². The molecule has 1 amide bonds. The number of aromatic nitrogens is 4. The number of nitrogens with zero attached hydrogens (tertiary/aromatic N) is 5. The smallest absolute Gasteiger partial charge is 0.350 e. The van der Waals surface area contributed by atoms with Crippen LogP contribution in [-0.4, -0.2) is 44.3 Å². The van der Waals surface area contributed by atoms with Crippen LogP contribution in [0.1, 0.15) is 19.3 Å². The molecule has 9 nitrogen and oxygen atoms in total. The number of rotatable bonds is 6. The van der Waals surface area contributed by atoms with Crippen molar-refractivity contribution in [1.29, 1.82) is 0 Å². The number of fused-ring (bicyclic) bond motifs is 1. The van der Waals surface area contributed by atoms with Crippen LogP contribution in [0.3, 0.4) is 0 Å². The number of aryl methyl sites for hydroxylation is 1. The van der Waals surface area contributed by atoms with Crippen LogP contribution in [0, 0.1) is 11.7 Å². The van der Waals surface area contributed by atoms with Gasteiger partial charge in [-0.05, 0) is 24.8 Å². The Morgan fingerprint density at radius 1 is 1.23 bits per heavy atom. The number of amides is 1. The van der Waals surface area contributed by atoms with Gasteiger partial charge in [0.1, 0.15) is 5.75 Å². The summed E-state index contributed by atoms with van der Waals surface area (Å²) >= 11 is 0. The van der Waals surface area contributed by atoms with Gasteiger partial charge < -0.3 is 14.4 Å². The maximum atomic E-state index is 14.4. The van der Waals surface area contributed by atoms with Crippen molar-refractivity contribution in [3.63, 3.8) is 0 Å². The van der Waals surface area contributed by atoms with Crippen molar-refractivity contribution >= 4 is 17.2 Å². The molecule has 0 radical (unpaired) electrons. The average molecular weight is 413 g/mol. The Morgan fingerprint density at radius 3 is 2.80 bits per heavy atom. The highest BCUT2D eigenvalue weighted by molar-refractivity contribution is 5.99. The summed E-state index contributed by atoms with van der Waals surface area (Å²) in [7, 11) is 1.44. The van der Waals surface area contributed by atoms with E-state index in [1.807, 2.05) is 0 Å². The zero-order valence-corrected chi connectivity index (χ0v) is 16.3. The first kappa shape index (κ1) is 18.6. The van der Waals surface area contributed by atoms with E-state index >= 15 is 0 Å². The van der Waals surface area contributed by atoms with Crippen molar-refractivity contribution in [2.45, 2.75) is 25.4 Å². The summed E-state index contributed by atoms with van der Waals surface area (Å²) in [5.74, 6) is 0.642.